The van der Waals surface area contributed by atoms with Gasteiger partial charge in [0.05, 0.1) is 12.0 Å². The third-order valence-corrected chi connectivity index (χ3v) is 3.09. The van der Waals surface area contributed by atoms with Crippen LogP contribution >= 0.6 is 0 Å². The van der Waals surface area contributed by atoms with E-state index < -0.39 is 16.9 Å². The number of nitro benzene ring substituents is 1. The lowest BCUT2D eigenvalue weighted by Crippen LogP contribution is -2.30. The number of methoxy groups -OCH3 is 1. The van der Waals surface area contributed by atoms with Crippen LogP contribution in [-0.4, -0.2) is 24.0 Å². The van der Waals surface area contributed by atoms with Crippen LogP contribution in [0.1, 0.15) is 6.92 Å². The van der Waals surface area contributed by atoms with Crippen LogP contribution in [0.5, 0.6) is 11.5 Å². The molecule has 1 N–H and O–H groups in total. The van der Waals surface area contributed by atoms with Gasteiger partial charge in [0, 0.05) is 11.8 Å². The molecule has 2 aromatic rings. The van der Waals surface area contributed by atoms with Crippen LogP contribution in [0.2, 0.25) is 0 Å². The molecule has 1 unspecified atom stereocenters. The molecule has 7 nitrogen and oxygen atoms in total. The van der Waals surface area contributed by atoms with Crippen LogP contribution in [0.25, 0.3) is 0 Å². The number of nitrogens with one attached hydrogen (secondary N) is 1. The number of nitro groups is 1. The maximum atomic E-state index is 12.1. The fourth-order valence-corrected chi connectivity index (χ4v) is 1.87. The Morgan fingerprint density at radius 1 is 1.17 bits per heavy atom. The summed E-state index contributed by atoms with van der Waals surface area (Å²) in [5.74, 6) is 0.315. The normalized spacial score (nSPS) is 11.4. The Morgan fingerprint density at radius 3 is 2.43 bits per heavy atom. The lowest BCUT2D eigenvalue weighted by Gasteiger charge is -2.14. The highest BCUT2D eigenvalue weighted by atomic mass is 16.6. The summed E-state index contributed by atoms with van der Waals surface area (Å²) in [6, 6.07) is 12.7. The minimum Gasteiger partial charge on any atom is -0.497 e. The predicted octanol–water partition coefficient (Wildman–Crippen LogP) is 3.01. The highest BCUT2D eigenvalue weighted by Crippen LogP contribution is 2.27. The first-order chi connectivity index (χ1) is 11.0. The smallest absolute Gasteiger partial charge is 0.310 e. The zero-order valence-electron chi connectivity index (χ0n) is 12.7. The molecular weight excluding hydrogens is 300 g/mol. The molecule has 0 fully saturated rings. The van der Waals surface area contributed by atoms with Crippen molar-refractivity contribution in [1.82, 2.24) is 0 Å². The maximum Gasteiger partial charge on any atom is 0.310 e. The van der Waals surface area contributed by atoms with E-state index in [9.17, 15) is 14.9 Å². The van der Waals surface area contributed by atoms with Crippen molar-refractivity contribution in [2.24, 2.45) is 0 Å². The summed E-state index contributed by atoms with van der Waals surface area (Å²) in [6.07, 6.45) is -0.891. The second kappa shape index (κ2) is 7.26. The molecule has 7 heteroatoms. The van der Waals surface area contributed by atoms with Gasteiger partial charge < -0.3 is 14.8 Å². The number of carbonyl (C=O) groups excluding carboxylic acids is 1. The van der Waals surface area contributed by atoms with E-state index in [4.69, 9.17) is 9.47 Å². The van der Waals surface area contributed by atoms with E-state index in [1.165, 1.54) is 25.1 Å². The van der Waals surface area contributed by atoms with Gasteiger partial charge in [0.1, 0.15) is 5.75 Å². The largest absolute Gasteiger partial charge is 0.497 e. The van der Waals surface area contributed by atoms with Gasteiger partial charge >= 0.3 is 5.69 Å². The van der Waals surface area contributed by atoms with E-state index >= 15 is 0 Å². The number of benzene rings is 2. The molecule has 0 aliphatic rings. The van der Waals surface area contributed by atoms with E-state index in [-0.39, 0.29) is 11.4 Å². The molecule has 0 spiro atoms. The number of ether oxygens (including phenoxy) is 2. The molecule has 0 radical (unpaired) electrons. The molecule has 0 heterocycles. The topological polar surface area (TPSA) is 90.7 Å². The van der Waals surface area contributed by atoms with Crippen molar-refractivity contribution < 1.29 is 19.2 Å². The van der Waals surface area contributed by atoms with Crippen molar-refractivity contribution in [3.8, 4) is 11.5 Å². The highest BCUT2D eigenvalue weighted by Gasteiger charge is 2.20. The Kier molecular flexibility index (Phi) is 5.14. The number of amides is 1. The minimum absolute atomic E-state index is 0.0508. The molecule has 23 heavy (non-hydrogen) atoms. The molecule has 0 aliphatic heterocycles. The minimum atomic E-state index is -0.891. The SMILES string of the molecule is COc1ccc(NC(=O)C(C)Oc2ccccc2[N+](=O)[O-])cc1. The summed E-state index contributed by atoms with van der Waals surface area (Å²) < 4.78 is 10.4. The summed E-state index contributed by atoms with van der Waals surface area (Å²) in [7, 11) is 1.55. The van der Waals surface area contributed by atoms with E-state index in [2.05, 4.69) is 5.32 Å². The lowest BCUT2D eigenvalue weighted by atomic mass is 10.2. The van der Waals surface area contributed by atoms with E-state index in [1.807, 2.05) is 0 Å². The van der Waals surface area contributed by atoms with Crippen LogP contribution in [0.3, 0.4) is 0 Å². The number of rotatable bonds is 6. The van der Waals surface area contributed by atoms with Gasteiger partial charge in [-0.25, -0.2) is 0 Å². The predicted molar refractivity (Wildman–Crippen MR) is 84.8 cm³/mol. The third kappa shape index (κ3) is 4.19. The van der Waals surface area contributed by atoms with Gasteiger partial charge in [-0.2, -0.15) is 0 Å². The Balaban J connectivity index is 2.04. The summed E-state index contributed by atoms with van der Waals surface area (Å²) in [6.45, 7) is 1.52. The van der Waals surface area contributed by atoms with Crippen molar-refractivity contribution in [2.45, 2.75) is 13.0 Å². The van der Waals surface area contributed by atoms with Crippen molar-refractivity contribution in [1.29, 1.82) is 0 Å². The summed E-state index contributed by atoms with van der Waals surface area (Å²) in [4.78, 5) is 22.5. The van der Waals surface area contributed by atoms with Crippen molar-refractivity contribution in [2.75, 3.05) is 12.4 Å². The molecule has 1 atom stereocenters. The first-order valence-electron chi connectivity index (χ1n) is 6.86. The Morgan fingerprint density at radius 2 is 1.83 bits per heavy atom. The zero-order valence-corrected chi connectivity index (χ0v) is 12.7. The lowest BCUT2D eigenvalue weighted by molar-refractivity contribution is -0.386. The molecule has 0 aromatic heterocycles. The molecule has 0 saturated heterocycles. The second-order valence-electron chi connectivity index (χ2n) is 4.70. The third-order valence-electron chi connectivity index (χ3n) is 3.09. The highest BCUT2D eigenvalue weighted by molar-refractivity contribution is 5.94. The molecule has 2 rings (SSSR count). The first-order valence-corrected chi connectivity index (χ1v) is 6.86. The van der Waals surface area contributed by atoms with Crippen LogP contribution in [0.4, 0.5) is 11.4 Å². The van der Waals surface area contributed by atoms with Gasteiger partial charge in [-0.3, -0.25) is 14.9 Å². The van der Waals surface area contributed by atoms with E-state index in [1.54, 1.807) is 37.4 Å². The Bertz CT molecular complexity index is 700. The average molecular weight is 316 g/mol. The second-order valence-corrected chi connectivity index (χ2v) is 4.70. The van der Waals surface area contributed by atoms with Crippen LogP contribution < -0.4 is 14.8 Å². The Hall–Kier alpha value is -3.09. The number of para-hydroxylation sites is 2. The number of hydrogen-bond acceptors (Lipinski definition) is 5. The van der Waals surface area contributed by atoms with Gasteiger partial charge in [-0.1, -0.05) is 12.1 Å². The van der Waals surface area contributed by atoms with Crippen LogP contribution in [0, 0.1) is 10.1 Å². The molecule has 1 amide bonds. The summed E-state index contributed by atoms with van der Waals surface area (Å²) in [5.41, 5.74) is 0.394. The van der Waals surface area contributed by atoms with Gasteiger partial charge in [0.2, 0.25) is 0 Å². The van der Waals surface area contributed by atoms with Crippen molar-refractivity contribution >= 4 is 17.3 Å². The molecule has 0 bridgehead atoms. The standard InChI is InChI=1S/C16H16N2O5/c1-11(23-15-6-4-3-5-14(15)18(20)21)16(19)17-12-7-9-13(22-2)10-8-12/h3-11H,1-2H3,(H,17,19). The van der Waals surface area contributed by atoms with Crippen LogP contribution in [0.15, 0.2) is 48.5 Å². The van der Waals surface area contributed by atoms with Gasteiger partial charge in [-0.15, -0.1) is 0 Å². The Labute approximate surface area is 133 Å². The average Bonchev–Trinajstić information content (AvgIpc) is 2.55. The maximum absolute atomic E-state index is 12.1. The zero-order chi connectivity index (χ0) is 16.8. The van der Waals surface area contributed by atoms with Gasteiger partial charge in [-0.05, 0) is 37.3 Å². The van der Waals surface area contributed by atoms with Gasteiger partial charge in [0.15, 0.2) is 11.9 Å². The molecular formula is C16H16N2O5. The monoisotopic (exact) mass is 316 g/mol. The molecule has 0 aliphatic carbocycles. The molecule has 120 valence electrons. The molecule has 2 aromatic carbocycles. The number of hydrogen-bond donors (Lipinski definition) is 1. The van der Waals surface area contributed by atoms with E-state index in [0.29, 0.717) is 11.4 Å². The number of anilines is 1. The fourth-order valence-electron chi connectivity index (χ4n) is 1.87. The van der Waals surface area contributed by atoms with E-state index in [0.717, 1.165) is 0 Å². The van der Waals surface area contributed by atoms with Crippen molar-refractivity contribution in [3.63, 3.8) is 0 Å². The fraction of sp³-hybridized carbons (Fsp3) is 0.188. The summed E-state index contributed by atoms with van der Waals surface area (Å²) >= 11 is 0. The van der Waals surface area contributed by atoms with Crippen molar-refractivity contribution in [3.05, 3.63) is 58.6 Å². The quantitative estimate of drug-likeness (QED) is 0.653. The van der Waals surface area contributed by atoms with Crippen LogP contribution in [-0.2, 0) is 4.79 Å². The van der Waals surface area contributed by atoms with Gasteiger partial charge in [0.25, 0.3) is 5.91 Å². The number of nitrogens with zero attached hydrogens (tertiary/aromatic N) is 1. The first kappa shape index (κ1) is 16.3. The molecule has 0 saturated carbocycles. The number of carbonyl (C=O) groups is 1. The summed E-state index contributed by atoms with van der Waals surface area (Å²) in [5, 5.41) is 13.6.